The van der Waals surface area contributed by atoms with Crippen LogP contribution >= 0.6 is 11.9 Å². The summed E-state index contributed by atoms with van der Waals surface area (Å²) in [5, 5.41) is 11.9. The minimum atomic E-state index is -0.997. The molecule has 4 nitrogen and oxygen atoms in total. The number of unbranched alkanes of at least 4 members (excludes halogenated alkanes) is 2. The predicted octanol–water partition coefficient (Wildman–Crippen LogP) is 6.73. The molecule has 0 aliphatic heterocycles. The zero-order valence-electron chi connectivity index (χ0n) is 17.2. The lowest BCUT2D eigenvalue weighted by Gasteiger charge is -2.33. The highest BCUT2D eigenvalue weighted by Gasteiger charge is 2.28. The van der Waals surface area contributed by atoms with Crippen molar-refractivity contribution in [3.05, 3.63) is 23.8 Å². The average Bonchev–Trinajstić information content (AvgIpc) is 2.59. The SMILES string of the molecule is CCCC[N+](C)(CCCC)Sc1c(NC(=O)O)cccc1C(C)CCC. The van der Waals surface area contributed by atoms with Crippen molar-refractivity contribution in [2.24, 2.45) is 0 Å². The molecule has 0 bridgehead atoms. The third-order valence-electron chi connectivity index (χ3n) is 4.82. The highest BCUT2D eigenvalue weighted by Crippen LogP contribution is 2.41. The molecular weight excluding hydrogens is 344 g/mol. The fraction of sp³-hybridized carbons (Fsp3) is 0.667. The third kappa shape index (κ3) is 7.20. The average molecular weight is 382 g/mol. The molecule has 0 saturated carbocycles. The van der Waals surface area contributed by atoms with Gasteiger partial charge in [0.1, 0.15) is 11.9 Å². The maximum Gasteiger partial charge on any atom is 0.409 e. The molecular formula is C21H37N2O2S+. The molecule has 26 heavy (non-hydrogen) atoms. The van der Waals surface area contributed by atoms with Gasteiger partial charge < -0.3 is 5.11 Å². The molecule has 5 heteroatoms. The highest BCUT2D eigenvalue weighted by atomic mass is 32.2. The van der Waals surface area contributed by atoms with E-state index in [1.807, 2.05) is 24.1 Å². The van der Waals surface area contributed by atoms with E-state index in [1.54, 1.807) is 0 Å². The molecule has 1 rings (SSSR count). The fourth-order valence-corrected chi connectivity index (χ4v) is 4.73. The molecule has 1 unspecified atom stereocenters. The Morgan fingerprint density at radius 2 is 1.77 bits per heavy atom. The van der Waals surface area contributed by atoms with E-state index in [-0.39, 0.29) is 0 Å². The molecule has 2 N–H and O–H groups in total. The summed E-state index contributed by atoms with van der Waals surface area (Å²) in [5.41, 5.74) is 1.99. The van der Waals surface area contributed by atoms with Crippen LogP contribution in [0.5, 0.6) is 0 Å². The van der Waals surface area contributed by atoms with E-state index in [9.17, 15) is 9.90 Å². The van der Waals surface area contributed by atoms with Gasteiger partial charge in [0.2, 0.25) is 0 Å². The van der Waals surface area contributed by atoms with Gasteiger partial charge in [-0.15, -0.1) is 0 Å². The molecule has 0 saturated heterocycles. The molecule has 0 spiro atoms. The fourth-order valence-electron chi connectivity index (χ4n) is 3.26. The van der Waals surface area contributed by atoms with Gasteiger partial charge in [0, 0.05) is 0 Å². The first kappa shape index (κ1) is 22.8. The van der Waals surface area contributed by atoms with Gasteiger partial charge in [0.25, 0.3) is 0 Å². The van der Waals surface area contributed by atoms with Gasteiger partial charge >= 0.3 is 6.09 Å². The first-order valence-electron chi connectivity index (χ1n) is 10.0. The van der Waals surface area contributed by atoms with E-state index in [0.717, 1.165) is 40.4 Å². The Bertz CT molecular complexity index is 555. The van der Waals surface area contributed by atoms with Gasteiger partial charge in [-0.1, -0.05) is 59.1 Å². The first-order chi connectivity index (χ1) is 12.4. The van der Waals surface area contributed by atoms with Crippen molar-refractivity contribution in [1.29, 1.82) is 0 Å². The molecule has 0 radical (unpaired) electrons. The maximum absolute atomic E-state index is 11.3. The minimum absolute atomic E-state index is 0.420. The summed E-state index contributed by atoms with van der Waals surface area (Å²) < 4.78 is 0.895. The number of rotatable bonds is 12. The number of amides is 1. The van der Waals surface area contributed by atoms with Crippen molar-refractivity contribution in [3.63, 3.8) is 0 Å². The van der Waals surface area contributed by atoms with Gasteiger partial charge in [0.05, 0.1) is 30.7 Å². The maximum atomic E-state index is 11.3. The van der Waals surface area contributed by atoms with Crippen LogP contribution in [-0.2, 0) is 0 Å². The zero-order valence-corrected chi connectivity index (χ0v) is 18.0. The Labute approximate surface area is 164 Å². The number of benzene rings is 1. The van der Waals surface area contributed by atoms with Crippen molar-refractivity contribution >= 4 is 23.7 Å². The Hall–Kier alpha value is -1.20. The zero-order chi connectivity index (χ0) is 19.6. The Kier molecular flexibility index (Phi) is 10.1. The van der Waals surface area contributed by atoms with Crippen molar-refractivity contribution < 1.29 is 13.8 Å². The Balaban J connectivity index is 3.27. The predicted molar refractivity (Wildman–Crippen MR) is 113 cm³/mol. The van der Waals surface area contributed by atoms with Crippen LogP contribution in [-0.4, -0.2) is 35.2 Å². The van der Waals surface area contributed by atoms with E-state index in [0.29, 0.717) is 5.92 Å². The summed E-state index contributed by atoms with van der Waals surface area (Å²) >= 11 is 1.83. The second kappa shape index (κ2) is 11.5. The Morgan fingerprint density at radius 1 is 1.15 bits per heavy atom. The number of hydrogen-bond donors (Lipinski definition) is 2. The van der Waals surface area contributed by atoms with E-state index >= 15 is 0 Å². The third-order valence-corrected chi connectivity index (χ3v) is 6.26. The molecule has 0 fully saturated rings. The van der Waals surface area contributed by atoms with Crippen LogP contribution in [0, 0.1) is 0 Å². The van der Waals surface area contributed by atoms with Crippen LogP contribution in [0.4, 0.5) is 10.5 Å². The molecule has 0 aromatic heterocycles. The van der Waals surface area contributed by atoms with E-state index < -0.39 is 6.09 Å². The molecule has 0 aliphatic carbocycles. The van der Waals surface area contributed by atoms with Crippen LogP contribution in [0.15, 0.2) is 23.1 Å². The highest BCUT2D eigenvalue weighted by molar-refractivity contribution is 7.94. The number of quaternary nitrogens is 1. The van der Waals surface area contributed by atoms with Gasteiger partial charge in [0.15, 0.2) is 0 Å². The molecule has 148 valence electrons. The molecule has 0 heterocycles. The van der Waals surface area contributed by atoms with E-state index in [4.69, 9.17) is 0 Å². The first-order valence-corrected chi connectivity index (χ1v) is 10.8. The molecule has 1 atom stereocenters. The standard InChI is InChI=1S/C21H36N2O2S/c1-6-9-15-23(5,16-10-7-2)26-20-18(17(4)12-8-3)13-11-14-19(20)22-21(24)25/h11,13-14,17,22H,6-10,12,15-16H2,1-5H3/p+1. The number of anilines is 1. The van der Waals surface area contributed by atoms with Gasteiger partial charge in [-0.05, 0) is 36.8 Å². The lowest BCUT2D eigenvalue weighted by molar-refractivity contribution is -0.774. The monoisotopic (exact) mass is 381 g/mol. The van der Waals surface area contributed by atoms with Crippen molar-refractivity contribution in [2.45, 2.75) is 77.0 Å². The smallest absolute Gasteiger partial charge is 0.409 e. The van der Waals surface area contributed by atoms with E-state index in [2.05, 4.69) is 46.1 Å². The van der Waals surface area contributed by atoms with Gasteiger partial charge in [-0.2, -0.15) is 0 Å². The normalized spacial score (nSPS) is 12.8. The van der Waals surface area contributed by atoms with Gasteiger partial charge in [-0.3, -0.25) is 9.21 Å². The number of hydrogen-bond acceptors (Lipinski definition) is 2. The number of nitrogens with zero attached hydrogens (tertiary/aromatic N) is 1. The summed E-state index contributed by atoms with van der Waals surface area (Å²) in [5.74, 6) is 0.420. The minimum Gasteiger partial charge on any atom is -0.465 e. The van der Waals surface area contributed by atoms with Crippen molar-refractivity contribution in [2.75, 3.05) is 25.5 Å². The lowest BCUT2D eigenvalue weighted by atomic mass is 9.96. The largest absolute Gasteiger partial charge is 0.465 e. The summed E-state index contributed by atoms with van der Waals surface area (Å²) in [6.45, 7) is 11.1. The summed E-state index contributed by atoms with van der Waals surface area (Å²) in [7, 11) is 2.29. The van der Waals surface area contributed by atoms with Crippen LogP contribution < -0.4 is 5.32 Å². The molecule has 1 aromatic carbocycles. The second-order valence-corrected chi connectivity index (χ2v) is 8.86. The molecule has 1 aromatic rings. The van der Waals surface area contributed by atoms with Crippen LogP contribution in [0.25, 0.3) is 0 Å². The summed E-state index contributed by atoms with van der Waals surface area (Å²) in [6.07, 6.45) is 5.95. The molecule has 1 amide bonds. The van der Waals surface area contributed by atoms with E-state index in [1.165, 1.54) is 31.2 Å². The summed E-state index contributed by atoms with van der Waals surface area (Å²) in [6, 6.07) is 6.03. The van der Waals surface area contributed by atoms with Crippen molar-refractivity contribution in [3.8, 4) is 0 Å². The quantitative estimate of drug-likeness (QED) is 0.311. The van der Waals surface area contributed by atoms with Crippen LogP contribution in [0.2, 0.25) is 0 Å². The topological polar surface area (TPSA) is 49.3 Å². The summed E-state index contributed by atoms with van der Waals surface area (Å²) in [4.78, 5) is 12.4. The van der Waals surface area contributed by atoms with Crippen molar-refractivity contribution in [1.82, 2.24) is 0 Å². The van der Waals surface area contributed by atoms with Crippen LogP contribution in [0.1, 0.15) is 77.7 Å². The lowest BCUT2D eigenvalue weighted by Crippen LogP contribution is -2.38. The second-order valence-electron chi connectivity index (χ2n) is 7.39. The number of carbonyl (C=O) groups is 1. The van der Waals surface area contributed by atoms with Crippen LogP contribution in [0.3, 0.4) is 0 Å². The van der Waals surface area contributed by atoms with Gasteiger partial charge in [-0.25, -0.2) is 4.79 Å². The number of nitrogens with one attached hydrogen (secondary N) is 1. The number of carboxylic acid groups (broad SMARTS) is 1. The molecule has 0 aliphatic rings. The Morgan fingerprint density at radius 3 is 2.27 bits per heavy atom.